The molecule has 8 heteroatoms. The number of aromatic hydroxyl groups is 1. The molecule has 2 aromatic heterocycles. The molecule has 0 unspecified atom stereocenters. The summed E-state index contributed by atoms with van der Waals surface area (Å²) >= 11 is 0. The molecule has 0 spiro atoms. The van der Waals surface area contributed by atoms with Gasteiger partial charge in [-0.15, -0.1) is 0 Å². The highest BCUT2D eigenvalue weighted by atomic mass is 16.5. The molecule has 0 saturated carbocycles. The van der Waals surface area contributed by atoms with Crippen LogP contribution in [0.4, 0.5) is 0 Å². The normalized spacial score (nSPS) is 10.6. The maximum atomic E-state index is 12.6. The molecule has 8 nitrogen and oxygen atoms in total. The van der Waals surface area contributed by atoms with Crippen molar-refractivity contribution in [1.29, 1.82) is 0 Å². The van der Waals surface area contributed by atoms with Gasteiger partial charge in [-0.1, -0.05) is 0 Å². The molecule has 122 valence electrons. The number of carbonyl (C=O) groups is 1. The summed E-state index contributed by atoms with van der Waals surface area (Å²) in [5.74, 6) is 0.0745. The van der Waals surface area contributed by atoms with Crippen LogP contribution in [-0.2, 0) is 0 Å². The molecule has 0 saturated heterocycles. The Bertz CT molecular complexity index is 974. The van der Waals surface area contributed by atoms with Gasteiger partial charge in [0.25, 0.3) is 5.56 Å². The van der Waals surface area contributed by atoms with Crippen molar-refractivity contribution in [3.63, 3.8) is 0 Å². The number of hydrogen-bond donors (Lipinski definition) is 2. The molecule has 1 aromatic carbocycles. The van der Waals surface area contributed by atoms with Crippen molar-refractivity contribution in [3.8, 4) is 17.4 Å². The summed E-state index contributed by atoms with van der Waals surface area (Å²) < 4.78 is 6.35. The largest absolute Gasteiger partial charge is 0.507 e. The summed E-state index contributed by atoms with van der Waals surface area (Å²) in [6.45, 7) is 1.68. The molecule has 0 atom stereocenters. The van der Waals surface area contributed by atoms with E-state index in [1.807, 2.05) is 0 Å². The van der Waals surface area contributed by atoms with Crippen molar-refractivity contribution in [1.82, 2.24) is 19.7 Å². The number of H-pyrrole nitrogens is 1. The van der Waals surface area contributed by atoms with E-state index >= 15 is 0 Å². The number of rotatable bonds is 4. The highest BCUT2D eigenvalue weighted by Gasteiger charge is 2.17. The highest BCUT2D eigenvalue weighted by molar-refractivity contribution is 6.10. The van der Waals surface area contributed by atoms with Crippen molar-refractivity contribution in [2.75, 3.05) is 7.11 Å². The van der Waals surface area contributed by atoms with Crippen molar-refractivity contribution in [3.05, 3.63) is 63.8 Å². The Kier molecular flexibility index (Phi) is 3.87. The van der Waals surface area contributed by atoms with Gasteiger partial charge in [0.15, 0.2) is 5.78 Å². The third-order valence-electron chi connectivity index (χ3n) is 3.37. The lowest BCUT2D eigenvalue weighted by molar-refractivity contribution is 0.103. The number of hydrogen-bond acceptors (Lipinski definition) is 6. The zero-order valence-corrected chi connectivity index (χ0v) is 13.0. The molecule has 24 heavy (non-hydrogen) atoms. The Labute approximate surface area is 136 Å². The summed E-state index contributed by atoms with van der Waals surface area (Å²) in [6.07, 6.45) is 2.77. The van der Waals surface area contributed by atoms with E-state index < -0.39 is 5.78 Å². The van der Waals surface area contributed by atoms with E-state index in [0.717, 1.165) is 0 Å². The van der Waals surface area contributed by atoms with Gasteiger partial charge in [0.1, 0.15) is 11.5 Å². The Morgan fingerprint density at radius 2 is 2.12 bits per heavy atom. The topological polar surface area (TPSA) is 110 Å². The lowest BCUT2D eigenvalue weighted by atomic mass is 10.1. The lowest BCUT2D eigenvalue weighted by Gasteiger charge is -2.05. The Morgan fingerprint density at radius 3 is 2.83 bits per heavy atom. The van der Waals surface area contributed by atoms with E-state index in [0.29, 0.717) is 11.4 Å². The van der Waals surface area contributed by atoms with Gasteiger partial charge in [0.2, 0.25) is 5.95 Å². The van der Waals surface area contributed by atoms with E-state index in [4.69, 9.17) is 4.74 Å². The SMILES string of the molecule is COc1ccc(O)c(C(=O)c2cnn(-c3nc(C)cc(=O)[nH]3)c2)c1. The third-order valence-corrected chi connectivity index (χ3v) is 3.37. The Balaban J connectivity index is 1.98. The Morgan fingerprint density at radius 1 is 1.33 bits per heavy atom. The van der Waals surface area contributed by atoms with Gasteiger partial charge in [-0.25, -0.2) is 9.67 Å². The zero-order chi connectivity index (χ0) is 17.3. The average molecular weight is 326 g/mol. The van der Waals surface area contributed by atoms with Crippen LogP contribution >= 0.6 is 0 Å². The first-order chi connectivity index (χ1) is 11.5. The second-order valence-electron chi connectivity index (χ2n) is 5.10. The summed E-state index contributed by atoms with van der Waals surface area (Å²) in [7, 11) is 1.47. The summed E-state index contributed by atoms with van der Waals surface area (Å²) in [6, 6.07) is 5.74. The predicted molar refractivity (Wildman–Crippen MR) is 84.8 cm³/mol. The first-order valence-electron chi connectivity index (χ1n) is 7.02. The number of methoxy groups -OCH3 is 1. The minimum Gasteiger partial charge on any atom is -0.507 e. The minimum atomic E-state index is -0.423. The number of aromatic nitrogens is 4. The number of ether oxygens (including phenoxy) is 1. The van der Waals surface area contributed by atoms with Gasteiger partial charge >= 0.3 is 0 Å². The van der Waals surface area contributed by atoms with Crippen LogP contribution in [0.15, 0.2) is 41.5 Å². The fourth-order valence-corrected chi connectivity index (χ4v) is 2.21. The number of aromatic amines is 1. The molecule has 0 bridgehead atoms. The van der Waals surface area contributed by atoms with E-state index in [1.54, 1.807) is 13.0 Å². The van der Waals surface area contributed by atoms with Crippen LogP contribution in [0.2, 0.25) is 0 Å². The monoisotopic (exact) mass is 326 g/mol. The summed E-state index contributed by atoms with van der Waals surface area (Å²) in [5, 5.41) is 13.9. The van der Waals surface area contributed by atoms with E-state index in [2.05, 4.69) is 15.1 Å². The fraction of sp³-hybridized carbons (Fsp3) is 0.125. The van der Waals surface area contributed by atoms with Crippen LogP contribution in [-0.4, -0.2) is 37.7 Å². The molecule has 0 radical (unpaired) electrons. The molecule has 0 aliphatic carbocycles. The fourth-order valence-electron chi connectivity index (χ4n) is 2.21. The molecule has 0 amide bonds. The zero-order valence-electron chi connectivity index (χ0n) is 13.0. The van der Waals surface area contributed by atoms with Crippen molar-refractivity contribution >= 4 is 5.78 Å². The molecular formula is C16H14N4O4. The molecule has 2 N–H and O–H groups in total. The van der Waals surface area contributed by atoms with Gasteiger partial charge in [-0.05, 0) is 25.1 Å². The molecule has 0 fully saturated rings. The van der Waals surface area contributed by atoms with Crippen LogP contribution < -0.4 is 10.3 Å². The van der Waals surface area contributed by atoms with Crippen LogP contribution in [0.3, 0.4) is 0 Å². The third kappa shape index (κ3) is 2.89. The number of benzene rings is 1. The molecule has 3 aromatic rings. The van der Waals surface area contributed by atoms with Crippen LogP contribution in [0.1, 0.15) is 21.6 Å². The minimum absolute atomic E-state index is 0.0968. The molecular weight excluding hydrogens is 312 g/mol. The average Bonchev–Trinajstić information content (AvgIpc) is 3.04. The van der Waals surface area contributed by atoms with Crippen molar-refractivity contribution in [2.45, 2.75) is 6.92 Å². The number of phenolic OH excluding ortho intramolecular Hbond substituents is 1. The predicted octanol–water partition coefficient (Wildman–Crippen LogP) is 1.21. The second kappa shape index (κ2) is 5.99. The van der Waals surface area contributed by atoms with Gasteiger partial charge in [-0.3, -0.25) is 14.6 Å². The van der Waals surface area contributed by atoms with E-state index in [9.17, 15) is 14.7 Å². The van der Waals surface area contributed by atoms with Gasteiger partial charge in [-0.2, -0.15) is 5.10 Å². The first-order valence-corrected chi connectivity index (χ1v) is 7.02. The second-order valence-corrected chi connectivity index (χ2v) is 5.10. The molecule has 3 rings (SSSR count). The van der Waals surface area contributed by atoms with E-state index in [1.165, 1.54) is 42.4 Å². The number of ketones is 1. The van der Waals surface area contributed by atoms with Gasteiger partial charge < -0.3 is 9.84 Å². The Hall–Kier alpha value is -3.42. The smallest absolute Gasteiger partial charge is 0.252 e. The van der Waals surface area contributed by atoms with Crippen LogP contribution in [0.25, 0.3) is 5.95 Å². The molecule has 2 heterocycles. The van der Waals surface area contributed by atoms with Crippen molar-refractivity contribution < 1.29 is 14.6 Å². The first kappa shape index (κ1) is 15.5. The summed E-state index contributed by atoms with van der Waals surface area (Å²) in [5.41, 5.74) is 0.552. The van der Waals surface area contributed by atoms with Gasteiger partial charge in [0, 0.05) is 18.0 Å². The number of carbonyl (C=O) groups excluding carboxylic acids is 1. The maximum Gasteiger partial charge on any atom is 0.252 e. The number of nitrogens with zero attached hydrogens (tertiary/aromatic N) is 3. The standard InChI is InChI=1S/C16H14N4O4/c1-9-5-14(22)19-16(18-9)20-8-10(7-17-20)15(23)12-6-11(24-2)3-4-13(12)21/h3-8,21H,1-2H3,(H,18,19,22). The molecule has 0 aliphatic rings. The lowest BCUT2D eigenvalue weighted by Crippen LogP contribution is -2.13. The van der Waals surface area contributed by atoms with Gasteiger partial charge in [0.05, 0.1) is 24.4 Å². The number of aryl methyl sites for hydroxylation is 1. The highest BCUT2D eigenvalue weighted by Crippen LogP contribution is 2.25. The van der Waals surface area contributed by atoms with Crippen molar-refractivity contribution in [2.24, 2.45) is 0 Å². The quantitative estimate of drug-likeness (QED) is 0.697. The number of nitrogens with one attached hydrogen (secondary N) is 1. The van der Waals surface area contributed by atoms with E-state index in [-0.39, 0.29) is 28.4 Å². The summed E-state index contributed by atoms with van der Waals surface area (Å²) in [4.78, 5) is 30.8. The molecule has 0 aliphatic heterocycles. The number of phenols is 1. The van der Waals surface area contributed by atoms with Crippen LogP contribution in [0.5, 0.6) is 11.5 Å². The maximum absolute atomic E-state index is 12.6. The van der Waals surface area contributed by atoms with Crippen LogP contribution in [0, 0.1) is 6.92 Å².